The largest absolute Gasteiger partial charge is 0.303 e. The van der Waals surface area contributed by atoms with Crippen molar-refractivity contribution >= 4 is 0 Å². The minimum atomic E-state index is -0.355. The van der Waals surface area contributed by atoms with Crippen molar-refractivity contribution < 1.29 is 0 Å². The predicted molar refractivity (Wildman–Crippen MR) is 76.4 cm³/mol. The molecule has 104 valence electrons. The average molecular weight is 251 g/mol. The molecule has 1 saturated carbocycles. The molecular weight excluding hydrogens is 222 g/mol. The third-order valence-corrected chi connectivity index (χ3v) is 4.42. The highest BCUT2D eigenvalue weighted by Crippen LogP contribution is 2.23. The maximum atomic E-state index is 9.13. The third-order valence-electron chi connectivity index (χ3n) is 4.42. The van der Waals surface area contributed by atoms with E-state index in [1.54, 1.807) is 0 Å². The highest BCUT2D eigenvalue weighted by atomic mass is 15.1. The predicted octanol–water partition coefficient (Wildman–Crippen LogP) is 2.92. The Hall–Kier alpha value is -0.590. The van der Waals surface area contributed by atoms with E-state index in [0.29, 0.717) is 0 Å². The highest BCUT2D eigenvalue weighted by molar-refractivity contribution is 5.02. The molecule has 1 unspecified atom stereocenters. The molecule has 0 bridgehead atoms. The number of rotatable bonds is 7. The van der Waals surface area contributed by atoms with Gasteiger partial charge in [0.25, 0.3) is 0 Å². The summed E-state index contributed by atoms with van der Waals surface area (Å²) in [5, 5.41) is 12.3. The van der Waals surface area contributed by atoms with Crippen molar-refractivity contribution in [3.05, 3.63) is 0 Å². The SMILES string of the molecule is CCN(CCCC(C)(C#N)NC)C1CCCCC1. The quantitative estimate of drug-likeness (QED) is 0.756. The topological polar surface area (TPSA) is 39.1 Å². The molecule has 1 fully saturated rings. The second-order valence-electron chi connectivity index (χ2n) is 5.72. The summed E-state index contributed by atoms with van der Waals surface area (Å²) >= 11 is 0. The summed E-state index contributed by atoms with van der Waals surface area (Å²) in [7, 11) is 1.88. The molecule has 1 aliphatic carbocycles. The first kappa shape index (κ1) is 15.5. The van der Waals surface area contributed by atoms with Gasteiger partial charge in [-0.2, -0.15) is 5.26 Å². The van der Waals surface area contributed by atoms with Gasteiger partial charge in [-0.25, -0.2) is 0 Å². The van der Waals surface area contributed by atoms with E-state index in [4.69, 9.17) is 5.26 Å². The molecule has 0 saturated heterocycles. The van der Waals surface area contributed by atoms with E-state index in [1.165, 1.54) is 32.1 Å². The average Bonchev–Trinajstić information content (AvgIpc) is 2.44. The summed E-state index contributed by atoms with van der Waals surface area (Å²) in [5.41, 5.74) is -0.355. The molecule has 1 rings (SSSR count). The lowest BCUT2D eigenvalue weighted by Gasteiger charge is -2.34. The fourth-order valence-electron chi connectivity index (χ4n) is 2.92. The van der Waals surface area contributed by atoms with E-state index in [0.717, 1.165) is 32.0 Å². The summed E-state index contributed by atoms with van der Waals surface area (Å²) in [6.45, 7) is 6.54. The van der Waals surface area contributed by atoms with Gasteiger partial charge in [-0.15, -0.1) is 0 Å². The first-order chi connectivity index (χ1) is 8.65. The van der Waals surface area contributed by atoms with Crippen LogP contribution < -0.4 is 5.32 Å². The Kier molecular flexibility index (Phi) is 6.67. The molecule has 0 spiro atoms. The van der Waals surface area contributed by atoms with E-state index in [2.05, 4.69) is 23.2 Å². The molecule has 18 heavy (non-hydrogen) atoms. The molecule has 1 atom stereocenters. The van der Waals surface area contributed by atoms with Crippen LogP contribution in [0, 0.1) is 11.3 Å². The molecule has 0 radical (unpaired) electrons. The summed E-state index contributed by atoms with van der Waals surface area (Å²) in [4.78, 5) is 2.62. The van der Waals surface area contributed by atoms with Crippen LogP contribution in [0.4, 0.5) is 0 Å². The molecule has 1 N–H and O–H groups in total. The Balaban J connectivity index is 2.33. The highest BCUT2D eigenvalue weighted by Gasteiger charge is 2.23. The van der Waals surface area contributed by atoms with Crippen LogP contribution in [0.2, 0.25) is 0 Å². The van der Waals surface area contributed by atoms with Gasteiger partial charge in [0.05, 0.1) is 6.07 Å². The number of nitrogens with zero attached hydrogens (tertiary/aromatic N) is 2. The van der Waals surface area contributed by atoms with Crippen LogP contribution in [0.3, 0.4) is 0 Å². The number of nitriles is 1. The van der Waals surface area contributed by atoms with Crippen molar-refractivity contribution in [3.63, 3.8) is 0 Å². The fraction of sp³-hybridized carbons (Fsp3) is 0.933. The molecule has 0 amide bonds. The van der Waals surface area contributed by atoms with E-state index in [9.17, 15) is 0 Å². The van der Waals surface area contributed by atoms with Gasteiger partial charge in [-0.05, 0) is 52.7 Å². The molecule has 1 aliphatic rings. The molecule has 0 aromatic heterocycles. The Morgan fingerprint density at radius 2 is 2.00 bits per heavy atom. The zero-order valence-corrected chi connectivity index (χ0v) is 12.3. The van der Waals surface area contributed by atoms with Crippen molar-refractivity contribution in [2.75, 3.05) is 20.1 Å². The normalized spacial score (nSPS) is 20.6. The molecule has 0 aromatic carbocycles. The lowest BCUT2D eigenvalue weighted by molar-refractivity contribution is 0.158. The summed E-state index contributed by atoms with van der Waals surface area (Å²) < 4.78 is 0. The van der Waals surface area contributed by atoms with Crippen LogP contribution in [-0.2, 0) is 0 Å². The summed E-state index contributed by atoms with van der Waals surface area (Å²) in [5.74, 6) is 0. The monoisotopic (exact) mass is 251 g/mol. The lowest BCUT2D eigenvalue weighted by Crippen LogP contribution is -2.41. The number of hydrogen-bond acceptors (Lipinski definition) is 3. The standard InChI is InChI=1S/C15H29N3/c1-4-18(14-9-6-5-7-10-14)12-8-11-15(2,13-16)17-3/h14,17H,4-12H2,1-3H3. The van der Waals surface area contributed by atoms with Crippen LogP contribution in [0.15, 0.2) is 0 Å². The molecule has 0 aliphatic heterocycles. The van der Waals surface area contributed by atoms with Gasteiger partial charge in [0, 0.05) is 6.04 Å². The molecule has 3 heteroatoms. The second-order valence-corrected chi connectivity index (χ2v) is 5.72. The van der Waals surface area contributed by atoms with Gasteiger partial charge in [0.2, 0.25) is 0 Å². The Morgan fingerprint density at radius 3 is 2.50 bits per heavy atom. The van der Waals surface area contributed by atoms with E-state index < -0.39 is 0 Å². The Bertz CT molecular complexity index is 265. The molecule has 0 heterocycles. The van der Waals surface area contributed by atoms with E-state index in [1.807, 2.05) is 14.0 Å². The zero-order valence-electron chi connectivity index (χ0n) is 12.3. The van der Waals surface area contributed by atoms with Crippen LogP contribution in [0.25, 0.3) is 0 Å². The van der Waals surface area contributed by atoms with E-state index in [-0.39, 0.29) is 5.54 Å². The van der Waals surface area contributed by atoms with Crippen molar-refractivity contribution in [1.29, 1.82) is 5.26 Å². The summed E-state index contributed by atoms with van der Waals surface area (Å²) in [6, 6.07) is 3.17. The fourth-order valence-corrected chi connectivity index (χ4v) is 2.92. The molecule has 0 aromatic rings. The number of nitrogens with one attached hydrogen (secondary N) is 1. The maximum absolute atomic E-state index is 9.13. The smallest absolute Gasteiger partial charge is 0.103 e. The van der Waals surface area contributed by atoms with Crippen molar-refractivity contribution in [3.8, 4) is 6.07 Å². The summed E-state index contributed by atoms with van der Waals surface area (Å²) in [6.07, 6.45) is 8.99. The van der Waals surface area contributed by atoms with Gasteiger partial charge in [0.1, 0.15) is 5.54 Å². The van der Waals surface area contributed by atoms with Gasteiger partial charge in [0.15, 0.2) is 0 Å². The van der Waals surface area contributed by atoms with Crippen LogP contribution in [0.1, 0.15) is 58.8 Å². The number of hydrogen-bond donors (Lipinski definition) is 1. The minimum absolute atomic E-state index is 0.355. The van der Waals surface area contributed by atoms with Crippen LogP contribution >= 0.6 is 0 Å². The Morgan fingerprint density at radius 1 is 1.33 bits per heavy atom. The molecule has 3 nitrogen and oxygen atoms in total. The maximum Gasteiger partial charge on any atom is 0.103 e. The van der Waals surface area contributed by atoms with Gasteiger partial charge in [-0.1, -0.05) is 26.2 Å². The van der Waals surface area contributed by atoms with E-state index >= 15 is 0 Å². The van der Waals surface area contributed by atoms with Crippen LogP contribution in [-0.4, -0.2) is 36.6 Å². The first-order valence-corrected chi connectivity index (χ1v) is 7.49. The Labute approximate surface area is 113 Å². The third kappa shape index (κ3) is 4.59. The van der Waals surface area contributed by atoms with Gasteiger partial charge in [-0.3, -0.25) is 0 Å². The van der Waals surface area contributed by atoms with Crippen molar-refractivity contribution in [2.24, 2.45) is 0 Å². The van der Waals surface area contributed by atoms with Crippen molar-refractivity contribution in [2.45, 2.75) is 70.4 Å². The zero-order chi connectivity index (χ0) is 13.4. The first-order valence-electron chi connectivity index (χ1n) is 7.49. The lowest BCUT2D eigenvalue weighted by atomic mass is 9.93. The van der Waals surface area contributed by atoms with Crippen molar-refractivity contribution in [1.82, 2.24) is 10.2 Å². The van der Waals surface area contributed by atoms with Gasteiger partial charge >= 0.3 is 0 Å². The van der Waals surface area contributed by atoms with Crippen LogP contribution in [0.5, 0.6) is 0 Å². The molecular formula is C15H29N3. The van der Waals surface area contributed by atoms with Gasteiger partial charge < -0.3 is 10.2 Å². The minimum Gasteiger partial charge on any atom is -0.303 e. The second kappa shape index (κ2) is 7.76.